The van der Waals surface area contributed by atoms with Crippen LogP contribution in [0.15, 0.2) is 48.5 Å². The summed E-state index contributed by atoms with van der Waals surface area (Å²) >= 11 is 5.93. The molecule has 0 unspecified atom stereocenters. The van der Waals surface area contributed by atoms with Gasteiger partial charge in [-0.25, -0.2) is 0 Å². The number of rotatable bonds is 6. The lowest BCUT2D eigenvalue weighted by atomic mass is 10.3. The van der Waals surface area contributed by atoms with Crippen LogP contribution in [-0.4, -0.2) is 19.1 Å². The van der Waals surface area contributed by atoms with E-state index in [1.807, 2.05) is 0 Å². The molecule has 2 aromatic rings. The van der Waals surface area contributed by atoms with Crippen LogP contribution in [-0.2, 0) is 4.79 Å². The molecule has 22 heavy (non-hydrogen) atoms. The van der Waals surface area contributed by atoms with Gasteiger partial charge in [0.15, 0.2) is 0 Å². The third-order valence-corrected chi connectivity index (χ3v) is 3.02. The zero-order valence-electron chi connectivity index (χ0n) is 11.4. The van der Waals surface area contributed by atoms with E-state index in [0.717, 1.165) is 0 Å². The molecule has 0 aliphatic carbocycles. The number of alkyl halides is 2. The van der Waals surface area contributed by atoms with Crippen molar-refractivity contribution in [2.75, 3.05) is 17.2 Å². The number of nitrogens with one attached hydrogen (secondary N) is 2. The summed E-state index contributed by atoms with van der Waals surface area (Å²) in [6.07, 6.45) is 0. The Bertz CT molecular complexity index is 653. The van der Waals surface area contributed by atoms with E-state index in [4.69, 9.17) is 11.6 Å². The number of anilines is 2. The monoisotopic (exact) mass is 326 g/mol. The predicted molar refractivity (Wildman–Crippen MR) is 81.6 cm³/mol. The van der Waals surface area contributed by atoms with Gasteiger partial charge in [-0.05, 0) is 24.3 Å². The van der Waals surface area contributed by atoms with Crippen molar-refractivity contribution in [3.05, 3.63) is 53.6 Å². The molecule has 2 aromatic carbocycles. The van der Waals surface area contributed by atoms with Gasteiger partial charge in [-0.3, -0.25) is 4.79 Å². The summed E-state index contributed by atoms with van der Waals surface area (Å²) in [5.41, 5.74) is 0.783. The van der Waals surface area contributed by atoms with Gasteiger partial charge in [0.05, 0.1) is 22.9 Å². The van der Waals surface area contributed by atoms with E-state index in [1.54, 1.807) is 42.5 Å². The maximum atomic E-state index is 12.3. The molecule has 0 radical (unpaired) electrons. The van der Waals surface area contributed by atoms with Crippen molar-refractivity contribution < 1.29 is 18.3 Å². The molecule has 116 valence electrons. The average Bonchev–Trinajstić information content (AvgIpc) is 2.48. The Balaban J connectivity index is 1.95. The summed E-state index contributed by atoms with van der Waals surface area (Å²) in [6.45, 7) is -3.05. The summed E-state index contributed by atoms with van der Waals surface area (Å²) in [5.74, 6) is -0.386. The number of hydrogen-bond acceptors (Lipinski definition) is 3. The molecule has 4 nitrogen and oxygen atoms in total. The summed E-state index contributed by atoms with van der Waals surface area (Å²) in [4.78, 5) is 11.9. The third kappa shape index (κ3) is 4.60. The fourth-order valence-electron chi connectivity index (χ4n) is 1.74. The molecule has 0 heterocycles. The van der Waals surface area contributed by atoms with E-state index < -0.39 is 6.61 Å². The minimum absolute atomic E-state index is 0.0250. The van der Waals surface area contributed by atoms with E-state index in [0.29, 0.717) is 16.4 Å². The minimum atomic E-state index is -2.93. The van der Waals surface area contributed by atoms with Crippen LogP contribution in [0.5, 0.6) is 5.75 Å². The molecule has 0 fully saturated rings. The third-order valence-electron chi connectivity index (χ3n) is 2.69. The zero-order chi connectivity index (χ0) is 15.9. The molecule has 7 heteroatoms. The molecule has 0 saturated heterocycles. The molecule has 0 spiro atoms. The predicted octanol–water partition coefficient (Wildman–Crippen LogP) is 3.99. The Labute approximate surface area is 131 Å². The Morgan fingerprint density at radius 1 is 1.09 bits per heavy atom. The van der Waals surface area contributed by atoms with Crippen LogP contribution in [0.25, 0.3) is 0 Å². The number of carbonyl (C=O) groups excluding carboxylic acids is 1. The average molecular weight is 327 g/mol. The van der Waals surface area contributed by atoms with Crippen LogP contribution in [0.1, 0.15) is 0 Å². The van der Waals surface area contributed by atoms with Crippen LogP contribution in [0, 0.1) is 0 Å². The van der Waals surface area contributed by atoms with Gasteiger partial charge in [-0.2, -0.15) is 8.78 Å². The summed E-state index contributed by atoms with van der Waals surface area (Å²) in [7, 11) is 0. The molecule has 2 N–H and O–H groups in total. The number of benzene rings is 2. The van der Waals surface area contributed by atoms with Gasteiger partial charge in [0.1, 0.15) is 5.75 Å². The van der Waals surface area contributed by atoms with Gasteiger partial charge in [-0.15, -0.1) is 0 Å². The van der Waals surface area contributed by atoms with E-state index in [2.05, 4.69) is 15.4 Å². The Kier molecular flexibility index (Phi) is 5.55. The lowest BCUT2D eigenvalue weighted by molar-refractivity contribution is -0.114. The van der Waals surface area contributed by atoms with Gasteiger partial charge >= 0.3 is 6.61 Å². The van der Waals surface area contributed by atoms with Crippen molar-refractivity contribution in [3.8, 4) is 5.75 Å². The highest BCUT2D eigenvalue weighted by Crippen LogP contribution is 2.25. The normalized spacial score (nSPS) is 10.4. The van der Waals surface area contributed by atoms with E-state index in [-0.39, 0.29) is 18.2 Å². The summed E-state index contributed by atoms with van der Waals surface area (Å²) in [6, 6.07) is 12.9. The largest absolute Gasteiger partial charge is 0.433 e. The molecular formula is C15H13ClF2N2O2. The molecular weight excluding hydrogens is 314 g/mol. The van der Waals surface area contributed by atoms with Gasteiger partial charge in [0.2, 0.25) is 5.91 Å². The molecule has 0 bridgehead atoms. The van der Waals surface area contributed by atoms with Gasteiger partial charge in [-0.1, -0.05) is 35.9 Å². The van der Waals surface area contributed by atoms with Crippen LogP contribution in [0.4, 0.5) is 20.2 Å². The number of hydrogen-bond donors (Lipinski definition) is 2. The molecule has 2 rings (SSSR count). The topological polar surface area (TPSA) is 50.4 Å². The van der Waals surface area contributed by atoms with Crippen molar-refractivity contribution in [2.45, 2.75) is 6.61 Å². The molecule has 0 aliphatic rings. The number of halogens is 3. The lowest BCUT2D eigenvalue weighted by Crippen LogP contribution is -2.22. The molecule has 0 atom stereocenters. The zero-order valence-corrected chi connectivity index (χ0v) is 12.1. The van der Waals surface area contributed by atoms with Crippen molar-refractivity contribution in [1.82, 2.24) is 0 Å². The Morgan fingerprint density at radius 2 is 1.73 bits per heavy atom. The first-order valence-corrected chi connectivity index (χ1v) is 6.76. The first kappa shape index (κ1) is 16.0. The second-order valence-electron chi connectivity index (χ2n) is 4.26. The standard InChI is InChI=1S/C15H13ClF2N2O2/c16-10-5-1-2-6-11(10)20-14(21)9-19-12-7-3-4-8-13(12)22-15(17)18/h1-8,15,19H,9H2,(H,20,21). The molecule has 1 amide bonds. The van der Waals surface area contributed by atoms with E-state index in [1.165, 1.54) is 6.07 Å². The van der Waals surface area contributed by atoms with Crippen LogP contribution in [0.3, 0.4) is 0 Å². The number of amides is 1. The quantitative estimate of drug-likeness (QED) is 0.844. The van der Waals surface area contributed by atoms with Gasteiger partial charge in [0.25, 0.3) is 0 Å². The lowest BCUT2D eigenvalue weighted by Gasteiger charge is -2.12. The number of carbonyl (C=O) groups is 1. The second kappa shape index (κ2) is 7.61. The second-order valence-corrected chi connectivity index (χ2v) is 4.66. The fourth-order valence-corrected chi connectivity index (χ4v) is 1.93. The van der Waals surface area contributed by atoms with Crippen molar-refractivity contribution in [3.63, 3.8) is 0 Å². The Morgan fingerprint density at radius 3 is 2.41 bits per heavy atom. The maximum absolute atomic E-state index is 12.3. The first-order chi connectivity index (χ1) is 10.6. The summed E-state index contributed by atoms with van der Waals surface area (Å²) < 4.78 is 28.9. The number of para-hydroxylation sites is 3. The van der Waals surface area contributed by atoms with Crippen LogP contribution >= 0.6 is 11.6 Å². The van der Waals surface area contributed by atoms with Gasteiger partial charge in [0, 0.05) is 0 Å². The molecule has 0 aromatic heterocycles. The Hall–Kier alpha value is -2.34. The van der Waals surface area contributed by atoms with Crippen LogP contribution < -0.4 is 15.4 Å². The highest BCUT2D eigenvalue weighted by Gasteiger charge is 2.10. The van der Waals surface area contributed by atoms with E-state index >= 15 is 0 Å². The molecule has 0 aliphatic heterocycles. The summed E-state index contributed by atoms with van der Waals surface area (Å²) in [5, 5.41) is 5.78. The van der Waals surface area contributed by atoms with Gasteiger partial charge < -0.3 is 15.4 Å². The minimum Gasteiger partial charge on any atom is -0.433 e. The maximum Gasteiger partial charge on any atom is 0.387 e. The van der Waals surface area contributed by atoms with Crippen LogP contribution in [0.2, 0.25) is 5.02 Å². The molecule has 0 saturated carbocycles. The van der Waals surface area contributed by atoms with Crippen molar-refractivity contribution in [1.29, 1.82) is 0 Å². The van der Waals surface area contributed by atoms with Crippen molar-refractivity contribution >= 4 is 28.9 Å². The van der Waals surface area contributed by atoms with Crippen molar-refractivity contribution in [2.24, 2.45) is 0 Å². The highest BCUT2D eigenvalue weighted by atomic mass is 35.5. The highest BCUT2D eigenvalue weighted by molar-refractivity contribution is 6.33. The number of ether oxygens (including phenoxy) is 1. The fraction of sp³-hybridized carbons (Fsp3) is 0.133. The first-order valence-electron chi connectivity index (χ1n) is 6.38. The smallest absolute Gasteiger partial charge is 0.387 e. The van der Waals surface area contributed by atoms with E-state index in [9.17, 15) is 13.6 Å². The SMILES string of the molecule is O=C(CNc1ccccc1OC(F)F)Nc1ccccc1Cl.